The number of nitrogens with zero attached hydrogens (tertiary/aromatic N) is 2. The lowest BCUT2D eigenvalue weighted by Crippen LogP contribution is -2.17. The van der Waals surface area contributed by atoms with E-state index in [-0.39, 0.29) is 4.90 Å². The predicted octanol–water partition coefficient (Wildman–Crippen LogP) is 7.16. The van der Waals surface area contributed by atoms with Crippen LogP contribution in [0.5, 0.6) is 0 Å². The summed E-state index contributed by atoms with van der Waals surface area (Å²) in [5, 5.41) is 15.3. The Morgan fingerprint density at radius 1 is 0.706 bits per heavy atom. The highest BCUT2D eigenvalue weighted by atomic mass is 32.3. The molecular formula is C26H20N4O3S+. The fourth-order valence-electron chi connectivity index (χ4n) is 3.89. The lowest BCUT2D eigenvalue weighted by atomic mass is 10.1. The van der Waals surface area contributed by atoms with E-state index in [2.05, 4.69) is 19.8 Å². The maximum Gasteiger partial charge on any atom is 0.448 e. The first-order valence-electron chi connectivity index (χ1n) is 10.5. The van der Waals surface area contributed by atoms with Crippen LogP contribution in [-0.2, 0) is 23.5 Å². The van der Waals surface area contributed by atoms with Crippen LogP contribution in [0.15, 0.2) is 118 Å². The van der Waals surface area contributed by atoms with Crippen molar-refractivity contribution in [2.75, 3.05) is 5.32 Å². The van der Waals surface area contributed by atoms with Gasteiger partial charge in [-0.2, -0.15) is 5.90 Å². The maximum atomic E-state index is 12.6. The zero-order valence-corrected chi connectivity index (χ0v) is 18.7. The van der Waals surface area contributed by atoms with Crippen LogP contribution in [0, 0.1) is 0 Å². The SMILES string of the molecule is NO[S+]([O])(=O)c1cccc2c(N=Nc3cccc4ccccc34)ccc(Nc3ccccc3)c12. The van der Waals surface area contributed by atoms with E-state index < -0.39 is 10.5 Å². The van der Waals surface area contributed by atoms with Crippen molar-refractivity contribution >= 4 is 54.8 Å². The average molecular weight is 469 g/mol. The minimum Gasteiger partial charge on any atom is -0.355 e. The first kappa shape index (κ1) is 21.9. The Labute approximate surface area is 197 Å². The summed E-state index contributed by atoms with van der Waals surface area (Å²) in [7, 11) is -4.19. The molecule has 5 aromatic carbocycles. The normalized spacial score (nSPS) is 13.4. The van der Waals surface area contributed by atoms with E-state index in [1.165, 1.54) is 6.07 Å². The number of hydrogen-bond acceptors (Lipinski definition) is 6. The van der Waals surface area contributed by atoms with E-state index in [0.717, 1.165) is 16.5 Å². The Kier molecular flexibility index (Phi) is 5.87. The molecule has 1 radical (unpaired) electrons. The Morgan fingerprint density at radius 2 is 1.35 bits per heavy atom. The van der Waals surface area contributed by atoms with Gasteiger partial charge in [0.1, 0.15) is 0 Å². The molecular weight excluding hydrogens is 448 g/mol. The van der Waals surface area contributed by atoms with Crippen molar-refractivity contribution in [3.63, 3.8) is 0 Å². The molecule has 8 heteroatoms. The maximum absolute atomic E-state index is 12.6. The van der Waals surface area contributed by atoms with Gasteiger partial charge in [-0.05, 0) is 44.2 Å². The number of azo groups is 1. The van der Waals surface area contributed by atoms with Crippen LogP contribution in [0.3, 0.4) is 0 Å². The number of hydrogen-bond donors (Lipinski definition) is 2. The first-order valence-corrected chi connectivity index (χ1v) is 11.9. The number of rotatable bonds is 6. The average Bonchev–Trinajstić information content (AvgIpc) is 2.88. The number of benzene rings is 5. The van der Waals surface area contributed by atoms with Gasteiger partial charge in [0, 0.05) is 22.5 Å². The molecule has 0 aromatic heterocycles. The number of nitrogens with two attached hydrogens (primary N) is 1. The third-order valence-corrected chi connectivity index (χ3v) is 6.59. The van der Waals surface area contributed by atoms with Crippen LogP contribution in [-0.4, -0.2) is 0 Å². The molecule has 0 saturated heterocycles. The Balaban J connectivity index is 1.68. The van der Waals surface area contributed by atoms with Crippen LogP contribution < -0.4 is 11.2 Å². The summed E-state index contributed by atoms with van der Waals surface area (Å²) in [6.07, 6.45) is 0. The van der Waals surface area contributed by atoms with Crippen molar-refractivity contribution in [3.05, 3.63) is 103 Å². The van der Waals surface area contributed by atoms with Crippen LogP contribution in [0.1, 0.15) is 0 Å². The van der Waals surface area contributed by atoms with Crippen molar-refractivity contribution in [3.8, 4) is 0 Å². The molecule has 0 fully saturated rings. The number of nitrogens with one attached hydrogen (secondary N) is 1. The van der Waals surface area contributed by atoms with Gasteiger partial charge in [0.2, 0.25) is 4.90 Å². The van der Waals surface area contributed by atoms with Gasteiger partial charge in [-0.3, -0.25) is 0 Å². The van der Waals surface area contributed by atoms with E-state index in [1.54, 1.807) is 24.3 Å². The molecule has 0 aliphatic rings. The highest BCUT2D eigenvalue weighted by molar-refractivity contribution is 7.93. The van der Waals surface area contributed by atoms with E-state index in [1.807, 2.05) is 72.8 Å². The quantitative estimate of drug-likeness (QED) is 0.156. The molecule has 0 aliphatic carbocycles. The second-order valence-electron chi connectivity index (χ2n) is 7.55. The Bertz CT molecular complexity index is 1570. The van der Waals surface area contributed by atoms with Gasteiger partial charge in [0.05, 0.1) is 27.0 Å². The largest absolute Gasteiger partial charge is 0.448 e. The predicted molar refractivity (Wildman–Crippen MR) is 134 cm³/mol. The molecule has 1 atom stereocenters. The number of anilines is 2. The fourth-order valence-corrected chi connectivity index (χ4v) is 4.71. The molecule has 0 saturated carbocycles. The zero-order valence-electron chi connectivity index (χ0n) is 17.9. The van der Waals surface area contributed by atoms with Gasteiger partial charge in [-0.1, -0.05) is 66.7 Å². The summed E-state index contributed by atoms with van der Waals surface area (Å²) in [5.74, 6) is 5.11. The summed E-state index contributed by atoms with van der Waals surface area (Å²) in [4.78, 5) is -0.0619. The summed E-state index contributed by atoms with van der Waals surface area (Å²) in [5.41, 5.74) is 2.60. The second kappa shape index (κ2) is 9.12. The molecule has 34 heavy (non-hydrogen) atoms. The summed E-state index contributed by atoms with van der Waals surface area (Å²) in [6.45, 7) is 0. The smallest absolute Gasteiger partial charge is 0.355 e. The number of fused-ring (bicyclic) bond motifs is 2. The molecule has 3 N–H and O–H groups in total. The molecule has 167 valence electrons. The molecule has 0 heterocycles. The highest BCUT2D eigenvalue weighted by Gasteiger charge is 2.37. The fraction of sp³-hybridized carbons (Fsp3) is 0. The minimum atomic E-state index is -4.19. The van der Waals surface area contributed by atoms with Crippen LogP contribution in [0.4, 0.5) is 22.7 Å². The van der Waals surface area contributed by atoms with Crippen LogP contribution in [0.2, 0.25) is 0 Å². The molecule has 5 rings (SSSR count). The van der Waals surface area contributed by atoms with Gasteiger partial charge in [0.25, 0.3) is 0 Å². The van der Waals surface area contributed by atoms with Gasteiger partial charge in [-0.15, -0.1) is 10.2 Å². The van der Waals surface area contributed by atoms with Gasteiger partial charge < -0.3 is 5.32 Å². The van der Waals surface area contributed by atoms with E-state index in [9.17, 15) is 8.76 Å². The van der Waals surface area contributed by atoms with Crippen LogP contribution >= 0.6 is 0 Å². The van der Waals surface area contributed by atoms with Gasteiger partial charge in [0.15, 0.2) is 0 Å². The number of para-hydroxylation sites is 1. The molecule has 0 bridgehead atoms. The summed E-state index contributed by atoms with van der Waals surface area (Å²) < 4.78 is 29.6. The van der Waals surface area contributed by atoms with Gasteiger partial charge >= 0.3 is 10.5 Å². The van der Waals surface area contributed by atoms with Crippen molar-refractivity contribution < 1.29 is 13.0 Å². The van der Waals surface area contributed by atoms with E-state index in [0.29, 0.717) is 27.8 Å². The topological polar surface area (TPSA) is 109 Å². The molecule has 5 aromatic rings. The molecule has 0 aliphatic heterocycles. The molecule has 0 spiro atoms. The summed E-state index contributed by atoms with van der Waals surface area (Å²) >= 11 is 0. The lowest BCUT2D eigenvalue weighted by Gasteiger charge is -2.12. The molecule has 7 nitrogen and oxygen atoms in total. The van der Waals surface area contributed by atoms with E-state index >= 15 is 0 Å². The third-order valence-electron chi connectivity index (χ3n) is 5.46. The standard InChI is InChI=1S/C26H20N4O3S/c27-33-34(31,32)25-15-7-13-21-23(16-17-24(26(21)25)28-19-10-2-1-3-11-19)30-29-22-14-6-9-18-8-4-5-12-20(18)22/h1-17,28H,27H2/q+1. The Morgan fingerprint density at radius 3 is 2.15 bits per heavy atom. The molecule has 1 unspecified atom stereocenters. The summed E-state index contributed by atoms with van der Waals surface area (Å²) in [6, 6.07) is 31.6. The van der Waals surface area contributed by atoms with Crippen LogP contribution in [0.25, 0.3) is 21.5 Å². The van der Waals surface area contributed by atoms with Crippen molar-refractivity contribution in [2.24, 2.45) is 16.1 Å². The highest BCUT2D eigenvalue weighted by Crippen LogP contribution is 2.40. The minimum absolute atomic E-state index is 0.0619. The first-order chi connectivity index (χ1) is 16.6. The second-order valence-corrected chi connectivity index (χ2v) is 9.09. The van der Waals surface area contributed by atoms with Gasteiger partial charge in [-0.25, -0.2) is 0 Å². The van der Waals surface area contributed by atoms with Crippen molar-refractivity contribution in [1.29, 1.82) is 0 Å². The molecule has 0 amide bonds. The zero-order chi connectivity index (χ0) is 23.5. The lowest BCUT2D eigenvalue weighted by molar-refractivity contribution is 0.262. The van der Waals surface area contributed by atoms with Crippen molar-refractivity contribution in [2.45, 2.75) is 4.90 Å². The third kappa shape index (κ3) is 4.18. The Hall–Kier alpha value is -3.95. The van der Waals surface area contributed by atoms with Crippen molar-refractivity contribution in [1.82, 2.24) is 0 Å². The monoisotopic (exact) mass is 468 g/mol. The van der Waals surface area contributed by atoms with E-state index in [4.69, 9.17) is 5.90 Å².